The minimum atomic E-state index is -0.160. The molecular weight excluding hydrogens is 394 g/mol. The molecule has 1 unspecified atom stereocenters. The number of aromatic nitrogens is 3. The van der Waals surface area contributed by atoms with E-state index in [2.05, 4.69) is 44.0 Å². The van der Waals surface area contributed by atoms with E-state index in [4.69, 9.17) is 9.47 Å². The predicted octanol–water partition coefficient (Wildman–Crippen LogP) is 2.26. The predicted molar refractivity (Wildman–Crippen MR) is 117 cm³/mol. The van der Waals surface area contributed by atoms with E-state index < -0.39 is 0 Å². The van der Waals surface area contributed by atoms with Crippen molar-refractivity contribution in [2.45, 2.75) is 52.2 Å². The Morgan fingerprint density at radius 3 is 2.81 bits per heavy atom. The summed E-state index contributed by atoms with van der Waals surface area (Å²) in [6, 6.07) is 6.21. The van der Waals surface area contributed by atoms with Crippen LogP contribution in [0.3, 0.4) is 0 Å². The molecule has 2 aromatic rings. The van der Waals surface area contributed by atoms with Crippen LogP contribution in [0.2, 0.25) is 0 Å². The fourth-order valence-electron chi connectivity index (χ4n) is 4.52. The Kier molecular flexibility index (Phi) is 6.87. The van der Waals surface area contributed by atoms with Gasteiger partial charge in [0.2, 0.25) is 5.91 Å². The van der Waals surface area contributed by atoms with Crippen LogP contribution in [0.4, 0.5) is 0 Å². The zero-order valence-corrected chi connectivity index (χ0v) is 18.8. The van der Waals surface area contributed by atoms with E-state index in [9.17, 15) is 4.79 Å². The summed E-state index contributed by atoms with van der Waals surface area (Å²) in [7, 11) is 1.71. The van der Waals surface area contributed by atoms with Gasteiger partial charge in [-0.2, -0.15) is 0 Å². The Morgan fingerprint density at radius 1 is 1.26 bits per heavy atom. The molecule has 0 aliphatic carbocycles. The Bertz CT molecular complexity index is 907. The number of carbonyl (C=O) groups is 1. The highest BCUT2D eigenvalue weighted by Crippen LogP contribution is 2.22. The average Bonchev–Trinajstić information content (AvgIpc) is 3.09. The summed E-state index contributed by atoms with van der Waals surface area (Å²) in [5, 5.41) is 12.0. The number of benzene rings is 1. The van der Waals surface area contributed by atoms with Crippen LogP contribution in [0.15, 0.2) is 18.2 Å². The highest BCUT2D eigenvalue weighted by molar-refractivity contribution is 5.79. The second-order valence-electron chi connectivity index (χ2n) is 8.57. The molecule has 1 fully saturated rings. The molecule has 0 spiro atoms. The Morgan fingerprint density at radius 2 is 2.06 bits per heavy atom. The van der Waals surface area contributed by atoms with E-state index >= 15 is 0 Å². The van der Waals surface area contributed by atoms with Gasteiger partial charge in [-0.25, -0.2) is 0 Å². The molecule has 1 saturated heterocycles. The summed E-state index contributed by atoms with van der Waals surface area (Å²) < 4.78 is 12.9. The molecule has 1 N–H and O–H groups in total. The highest BCUT2D eigenvalue weighted by atomic mass is 16.5. The van der Waals surface area contributed by atoms with Crippen LogP contribution in [0.25, 0.3) is 0 Å². The van der Waals surface area contributed by atoms with Gasteiger partial charge in [-0.05, 0) is 43.9 Å². The summed E-state index contributed by atoms with van der Waals surface area (Å²) in [6.07, 6.45) is 2.43. The minimum absolute atomic E-state index is 0.0335. The third kappa shape index (κ3) is 5.07. The van der Waals surface area contributed by atoms with Gasteiger partial charge in [0.1, 0.15) is 11.6 Å². The summed E-state index contributed by atoms with van der Waals surface area (Å²) in [5.41, 5.74) is 2.44. The lowest BCUT2D eigenvalue weighted by molar-refractivity contribution is -0.128. The largest absolute Gasteiger partial charge is 0.496 e. The van der Waals surface area contributed by atoms with Crippen molar-refractivity contribution in [3.8, 4) is 5.75 Å². The molecule has 3 heterocycles. The number of hydrogen-bond donors (Lipinski definition) is 1. The molecular formula is C23H33N5O3. The molecule has 31 heavy (non-hydrogen) atoms. The fraction of sp³-hybridized carbons (Fsp3) is 0.609. The summed E-state index contributed by atoms with van der Waals surface area (Å²) in [4.78, 5) is 15.1. The van der Waals surface area contributed by atoms with Gasteiger partial charge >= 0.3 is 0 Å². The average molecular weight is 428 g/mol. The molecule has 8 heteroatoms. The van der Waals surface area contributed by atoms with Crippen molar-refractivity contribution in [3.63, 3.8) is 0 Å². The van der Waals surface area contributed by atoms with Crippen molar-refractivity contribution in [1.82, 2.24) is 25.0 Å². The Labute approximate surface area is 183 Å². The number of amides is 1. The maximum atomic E-state index is 12.6. The SMILES string of the molecule is COc1ccc(CN2CCc3nnc(C(C)NC(=O)C4CCOCC4)n3CC2)cc1C. The smallest absolute Gasteiger partial charge is 0.223 e. The zero-order valence-electron chi connectivity index (χ0n) is 18.8. The fourth-order valence-corrected chi connectivity index (χ4v) is 4.52. The molecule has 1 aromatic carbocycles. The van der Waals surface area contributed by atoms with Crippen LogP contribution in [0.1, 0.15) is 48.6 Å². The Balaban J connectivity index is 1.37. The lowest BCUT2D eigenvalue weighted by atomic mass is 9.99. The van der Waals surface area contributed by atoms with Gasteiger partial charge in [0.05, 0.1) is 13.2 Å². The van der Waals surface area contributed by atoms with Gasteiger partial charge in [-0.15, -0.1) is 10.2 Å². The number of fused-ring (bicyclic) bond motifs is 1. The maximum Gasteiger partial charge on any atom is 0.223 e. The number of aryl methyl sites for hydroxylation is 1. The Hall–Kier alpha value is -2.45. The van der Waals surface area contributed by atoms with Crippen molar-refractivity contribution < 1.29 is 14.3 Å². The normalized spacial score (nSPS) is 18.8. The molecule has 0 bridgehead atoms. The number of ether oxygens (including phenoxy) is 2. The number of carbonyl (C=O) groups excluding carboxylic acids is 1. The number of hydrogen-bond acceptors (Lipinski definition) is 6. The molecule has 2 aliphatic rings. The van der Waals surface area contributed by atoms with Gasteiger partial charge in [-0.3, -0.25) is 9.69 Å². The summed E-state index contributed by atoms with van der Waals surface area (Å²) >= 11 is 0. The van der Waals surface area contributed by atoms with Crippen LogP contribution < -0.4 is 10.1 Å². The number of nitrogens with zero attached hydrogens (tertiary/aromatic N) is 4. The number of methoxy groups -OCH3 is 1. The topological polar surface area (TPSA) is 81.5 Å². The first-order chi connectivity index (χ1) is 15.0. The molecule has 1 atom stereocenters. The van der Waals surface area contributed by atoms with Crippen LogP contribution >= 0.6 is 0 Å². The van der Waals surface area contributed by atoms with Crippen LogP contribution in [0.5, 0.6) is 5.75 Å². The second-order valence-corrected chi connectivity index (χ2v) is 8.57. The molecule has 4 rings (SSSR count). The van der Waals surface area contributed by atoms with Gasteiger partial charge in [0.15, 0.2) is 5.82 Å². The first-order valence-electron chi connectivity index (χ1n) is 11.2. The van der Waals surface area contributed by atoms with E-state index in [-0.39, 0.29) is 17.9 Å². The summed E-state index contributed by atoms with van der Waals surface area (Å²) in [5.74, 6) is 2.89. The van der Waals surface area contributed by atoms with E-state index in [1.807, 2.05) is 13.0 Å². The van der Waals surface area contributed by atoms with Crippen molar-refractivity contribution in [3.05, 3.63) is 41.0 Å². The van der Waals surface area contributed by atoms with Gasteiger partial charge in [-0.1, -0.05) is 12.1 Å². The maximum absolute atomic E-state index is 12.6. The second kappa shape index (κ2) is 9.78. The van der Waals surface area contributed by atoms with Crippen molar-refractivity contribution >= 4 is 5.91 Å². The third-order valence-corrected chi connectivity index (χ3v) is 6.35. The molecule has 2 aliphatic heterocycles. The first-order valence-corrected chi connectivity index (χ1v) is 11.2. The monoisotopic (exact) mass is 427 g/mol. The minimum Gasteiger partial charge on any atom is -0.496 e. The van der Waals surface area contributed by atoms with Crippen molar-refractivity contribution in [2.24, 2.45) is 5.92 Å². The third-order valence-electron chi connectivity index (χ3n) is 6.35. The standard InChI is InChI=1S/C23H33N5O3/c1-16-14-18(4-5-20(16)30-3)15-27-9-6-21-25-26-22(28(21)11-10-27)17(2)24-23(29)19-7-12-31-13-8-19/h4-5,14,17,19H,6-13,15H2,1-3H3,(H,24,29). The number of nitrogens with one attached hydrogen (secondary N) is 1. The van der Waals surface area contributed by atoms with Crippen LogP contribution in [-0.2, 0) is 29.0 Å². The molecule has 168 valence electrons. The van der Waals surface area contributed by atoms with Crippen LogP contribution in [-0.4, -0.2) is 59.0 Å². The van der Waals surface area contributed by atoms with Crippen molar-refractivity contribution in [1.29, 1.82) is 0 Å². The summed E-state index contributed by atoms with van der Waals surface area (Å²) in [6.45, 7) is 8.98. The van der Waals surface area contributed by atoms with E-state index in [1.54, 1.807) is 7.11 Å². The quantitative estimate of drug-likeness (QED) is 0.762. The first kappa shape index (κ1) is 21.8. The van der Waals surface area contributed by atoms with E-state index in [1.165, 1.54) is 5.56 Å². The molecule has 1 amide bonds. The van der Waals surface area contributed by atoms with Gasteiger partial charge < -0.3 is 19.4 Å². The van der Waals surface area contributed by atoms with Gasteiger partial charge in [0, 0.05) is 51.7 Å². The van der Waals surface area contributed by atoms with Crippen molar-refractivity contribution in [2.75, 3.05) is 33.4 Å². The van der Waals surface area contributed by atoms with E-state index in [0.717, 1.165) is 68.4 Å². The molecule has 1 aromatic heterocycles. The van der Waals surface area contributed by atoms with Gasteiger partial charge in [0.25, 0.3) is 0 Å². The molecule has 0 saturated carbocycles. The van der Waals surface area contributed by atoms with E-state index in [0.29, 0.717) is 13.2 Å². The molecule has 0 radical (unpaired) electrons. The zero-order chi connectivity index (χ0) is 21.8. The van der Waals surface area contributed by atoms with Crippen LogP contribution in [0, 0.1) is 12.8 Å². The number of rotatable bonds is 6. The lowest BCUT2D eigenvalue weighted by Crippen LogP contribution is -2.36. The highest BCUT2D eigenvalue weighted by Gasteiger charge is 2.26. The molecule has 8 nitrogen and oxygen atoms in total. The lowest BCUT2D eigenvalue weighted by Gasteiger charge is -2.23.